The van der Waals surface area contributed by atoms with Crippen LogP contribution in [0.2, 0.25) is 5.02 Å². The SMILES string of the molecule is CCOC(=O)CC(CCOc1ccc(Cl)cc1)NC(=O)C1(CC(CCOC)C(=O)O)CCCC1. The lowest BCUT2D eigenvalue weighted by atomic mass is 9.75. The molecule has 0 aliphatic heterocycles. The molecule has 9 heteroatoms. The van der Waals surface area contributed by atoms with Gasteiger partial charge in [-0.05, 0) is 56.9 Å². The van der Waals surface area contributed by atoms with Gasteiger partial charge in [0.05, 0.1) is 31.0 Å². The average Bonchev–Trinajstić information content (AvgIpc) is 3.28. The second kappa shape index (κ2) is 14.2. The smallest absolute Gasteiger partial charge is 0.307 e. The molecule has 1 aromatic rings. The van der Waals surface area contributed by atoms with Crippen molar-refractivity contribution in [1.82, 2.24) is 5.32 Å². The van der Waals surface area contributed by atoms with Crippen LogP contribution < -0.4 is 10.1 Å². The number of halogens is 1. The number of esters is 1. The molecule has 1 aliphatic carbocycles. The van der Waals surface area contributed by atoms with E-state index in [-0.39, 0.29) is 32.0 Å². The second-order valence-electron chi connectivity index (χ2n) is 8.78. The summed E-state index contributed by atoms with van der Waals surface area (Å²) >= 11 is 5.90. The van der Waals surface area contributed by atoms with Crippen molar-refractivity contribution in [3.05, 3.63) is 29.3 Å². The molecule has 1 saturated carbocycles. The molecule has 0 bridgehead atoms. The predicted molar refractivity (Wildman–Crippen MR) is 128 cm³/mol. The van der Waals surface area contributed by atoms with Gasteiger partial charge < -0.3 is 24.6 Å². The van der Waals surface area contributed by atoms with Crippen molar-refractivity contribution < 1.29 is 33.7 Å². The Morgan fingerprint density at radius 3 is 2.38 bits per heavy atom. The molecule has 2 atom stereocenters. The number of methoxy groups -OCH3 is 1. The van der Waals surface area contributed by atoms with Gasteiger partial charge in [0.25, 0.3) is 0 Å². The largest absolute Gasteiger partial charge is 0.494 e. The van der Waals surface area contributed by atoms with Crippen LogP contribution >= 0.6 is 11.6 Å². The molecule has 190 valence electrons. The quantitative estimate of drug-likeness (QED) is 0.349. The minimum absolute atomic E-state index is 0.0195. The highest BCUT2D eigenvalue weighted by molar-refractivity contribution is 6.30. The van der Waals surface area contributed by atoms with Crippen molar-refractivity contribution in [2.24, 2.45) is 11.3 Å². The van der Waals surface area contributed by atoms with Crippen LogP contribution in [0.25, 0.3) is 0 Å². The fourth-order valence-electron chi connectivity index (χ4n) is 4.45. The Morgan fingerprint density at radius 2 is 1.79 bits per heavy atom. The lowest BCUT2D eigenvalue weighted by molar-refractivity contribution is -0.145. The van der Waals surface area contributed by atoms with E-state index < -0.39 is 29.3 Å². The third kappa shape index (κ3) is 8.80. The molecule has 1 aliphatic rings. The molecule has 0 saturated heterocycles. The number of hydrogen-bond donors (Lipinski definition) is 2. The summed E-state index contributed by atoms with van der Waals surface area (Å²) in [5, 5.41) is 13.3. The van der Waals surface area contributed by atoms with Crippen molar-refractivity contribution in [2.45, 2.75) is 64.3 Å². The molecule has 34 heavy (non-hydrogen) atoms. The molecule has 0 aromatic heterocycles. The van der Waals surface area contributed by atoms with E-state index in [1.54, 1.807) is 31.2 Å². The molecule has 1 amide bonds. The number of carboxylic acid groups (broad SMARTS) is 1. The maximum atomic E-state index is 13.5. The van der Waals surface area contributed by atoms with Crippen LogP contribution in [0, 0.1) is 11.3 Å². The average molecular weight is 498 g/mol. The first-order valence-electron chi connectivity index (χ1n) is 11.9. The Hall–Kier alpha value is -2.32. The van der Waals surface area contributed by atoms with E-state index in [1.165, 1.54) is 7.11 Å². The molecule has 1 fully saturated rings. The van der Waals surface area contributed by atoms with E-state index in [2.05, 4.69) is 5.32 Å². The number of amides is 1. The van der Waals surface area contributed by atoms with E-state index in [9.17, 15) is 19.5 Å². The highest BCUT2D eigenvalue weighted by atomic mass is 35.5. The van der Waals surface area contributed by atoms with Crippen LogP contribution in [-0.2, 0) is 23.9 Å². The molecular formula is C25H36ClNO7. The molecule has 2 N–H and O–H groups in total. The molecule has 0 spiro atoms. The molecular weight excluding hydrogens is 462 g/mol. The minimum Gasteiger partial charge on any atom is -0.494 e. The fraction of sp³-hybridized carbons (Fsp3) is 0.640. The zero-order valence-corrected chi connectivity index (χ0v) is 20.8. The van der Waals surface area contributed by atoms with Gasteiger partial charge >= 0.3 is 11.9 Å². The molecule has 1 aromatic carbocycles. The number of carboxylic acids is 1. The Bertz CT molecular complexity index is 793. The topological polar surface area (TPSA) is 111 Å². The van der Waals surface area contributed by atoms with Crippen LogP contribution in [0.15, 0.2) is 24.3 Å². The lowest BCUT2D eigenvalue weighted by Crippen LogP contribution is -2.47. The van der Waals surface area contributed by atoms with E-state index in [1.807, 2.05) is 0 Å². The minimum atomic E-state index is -0.921. The van der Waals surface area contributed by atoms with Crippen molar-refractivity contribution in [1.29, 1.82) is 0 Å². The highest BCUT2D eigenvalue weighted by Crippen LogP contribution is 2.44. The fourth-order valence-corrected chi connectivity index (χ4v) is 4.58. The number of ether oxygens (including phenoxy) is 3. The standard InChI is InChI=1S/C25H36ClNO7/c1-3-33-22(28)16-20(11-15-34-21-8-6-19(26)7-9-21)27-24(31)25(12-4-5-13-25)17-18(23(29)30)10-14-32-2/h6-9,18,20H,3-5,10-17H2,1-2H3,(H,27,31)(H,29,30). The highest BCUT2D eigenvalue weighted by Gasteiger charge is 2.44. The zero-order chi connectivity index (χ0) is 25.0. The molecule has 0 heterocycles. The van der Waals surface area contributed by atoms with Crippen molar-refractivity contribution in [2.75, 3.05) is 26.9 Å². The summed E-state index contributed by atoms with van der Waals surface area (Å²) in [6.07, 6.45) is 4.01. The van der Waals surface area contributed by atoms with Crippen molar-refractivity contribution in [3.8, 4) is 5.75 Å². The first-order chi connectivity index (χ1) is 16.3. The first-order valence-corrected chi connectivity index (χ1v) is 12.2. The van der Waals surface area contributed by atoms with Gasteiger partial charge in [0, 0.05) is 31.2 Å². The van der Waals surface area contributed by atoms with Crippen molar-refractivity contribution in [3.63, 3.8) is 0 Å². The van der Waals surface area contributed by atoms with Crippen LogP contribution in [0.4, 0.5) is 0 Å². The number of carbonyl (C=O) groups excluding carboxylic acids is 2. The monoisotopic (exact) mass is 497 g/mol. The summed E-state index contributed by atoms with van der Waals surface area (Å²) in [6, 6.07) is 6.46. The van der Waals surface area contributed by atoms with E-state index in [0.29, 0.717) is 43.1 Å². The van der Waals surface area contributed by atoms with E-state index >= 15 is 0 Å². The molecule has 8 nitrogen and oxygen atoms in total. The maximum Gasteiger partial charge on any atom is 0.307 e. The third-order valence-electron chi connectivity index (χ3n) is 6.30. The van der Waals surface area contributed by atoms with Crippen molar-refractivity contribution >= 4 is 29.4 Å². The van der Waals surface area contributed by atoms with Crippen LogP contribution in [0.5, 0.6) is 5.75 Å². The van der Waals surface area contributed by atoms with Gasteiger partial charge in [-0.25, -0.2) is 0 Å². The van der Waals surface area contributed by atoms with E-state index in [4.69, 9.17) is 25.8 Å². The van der Waals surface area contributed by atoms with Gasteiger partial charge in [-0.3, -0.25) is 14.4 Å². The number of benzene rings is 1. The number of nitrogens with one attached hydrogen (secondary N) is 1. The predicted octanol–water partition coefficient (Wildman–Crippen LogP) is 4.23. The van der Waals surface area contributed by atoms with Crippen LogP contribution in [-0.4, -0.2) is 55.9 Å². The van der Waals surface area contributed by atoms with Gasteiger partial charge in [0.2, 0.25) is 5.91 Å². The zero-order valence-electron chi connectivity index (χ0n) is 20.0. The second-order valence-corrected chi connectivity index (χ2v) is 9.22. The Balaban J connectivity index is 2.07. The number of aliphatic carboxylic acids is 1. The summed E-state index contributed by atoms with van der Waals surface area (Å²) < 4.78 is 15.9. The summed E-state index contributed by atoms with van der Waals surface area (Å²) in [5.41, 5.74) is -0.763. The van der Waals surface area contributed by atoms with Gasteiger partial charge in [-0.1, -0.05) is 24.4 Å². The van der Waals surface area contributed by atoms with E-state index in [0.717, 1.165) is 12.8 Å². The summed E-state index contributed by atoms with van der Waals surface area (Å²) in [7, 11) is 1.53. The first kappa shape index (κ1) is 27.9. The molecule has 0 radical (unpaired) electrons. The Morgan fingerprint density at radius 1 is 1.12 bits per heavy atom. The van der Waals surface area contributed by atoms with Gasteiger partial charge in [0.1, 0.15) is 5.75 Å². The summed E-state index contributed by atoms with van der Waals surface area (Å²) in [4.78, 5) is 37.5. The number of rotatable bonds is 15. The van der Waals surface area contributed by atoms with Crippen LogP contribution in [0.3, 0.4) is 0 Å². The summed E-state index contributed by atoms with van der Waals surface area (Å²) in [6.45, 7) is 2.59. The van der Waals surface area contributed by atoms with Gasteiger partial charge in [-0.2, -0.15) is 0 Å². The van der Waals surface area contributed by atoms with Gasteiger partial charge in [-0.15, -0.1) is 0 Å². The number of carbonyl (C=O) groups is 3. The Labute approximate surface area is 206 Å². The maximum absolute atomic E-state index is 13.5. The summed E-state index contributed by atoms with van der Waals surface area (Å²) in [5.74, 6) is -1.55. The molecule has 2 unspecified atom stereocenters. The van der Waals surface area contributed by atoms with Gasteiger partial charge in [0.15, 0.2) is 0 Å². The normalized spacial score (nSPS) is 16.4. The molecule has 2 rings (SSSR count). The lowest BCUT2D eigenvalue weighted by Gasteiger charge is -2.32. The van der Waals surface area contributed by atoms with Crippen LogP contribution in [0.1, 0.15) is 58.3 Å². The number of hydrogen-bond acceptors (Lipinski definition) is 6. The third-order valence-corrected chi connectivity index (χ3v) is 6.55. The Kier molecular flexibility index (Phi) is 11.6.